The summed E-state index contributed by atoms with van der Waals surface area (Å²) in [5, 5.41) is 10.1. The fourth-order valence-electron chi connectivity index (χ4n) is 4.55. The highest BCUT2D eigenvalue weighted by atomic mass is 16.3. The molecule has 2 heterocycles. The summed E-state index contributed by atoms with van der Waals surface area (Å²) in [7, 11) is 0. The first-order valence-electron chi connectivity index (χ1n) is 9.78. The third-order valence-corrected chi connectivity index (χ3v) is 5.79. The van der Waals surface area contributed by atoms with Gasteiger partial charge in [-0.05, 0) is 62.3 Å². The maximum Gasteiger partial charge on any atom is 0.253 e. The van der Waals surface area contributed by atoms with Crippen molar-refractivity contribution in [2.24, 2.45) is 5.92 Å². The Morgan fingerprint density at radius 2 is 1.80 bits per heavy atom. The Balaban J connectivity index is 1.67. The lowest BCUT2D eigenvalue weighted by molar-refractivity contribution is 0.0409. The number of amides is 1. The molecule has 1 atom stereocenters. The minimum absolute atomic E-state index is 0.0712. The summed E-state index contributed by atoms with van der Waals surface area (Å²) in [4.78, 5) is 16.9. The van der Waals surface area contributed by atoms with E-state index in [1.165, 1.54) is 5.56 Å². The zero-order valence-corrected chi connectivity index (χ0v) is 15.7. The summed E-state index contributed by atoms with van der Waals surface area (Å²) in [5.74, 6) is 0.739. The van der Waals surface area contributed by atoms with Crippen LogP contribution in [0, 0.1) is 5.92 Å². The van der Waals surface area contributed by atoms with E-state index < -0.39 is 0 Å². The molecule has 0 saturated carbocycles. The fraction of sp³-hybridized carbons (Fsp3) is 0.667. The Morgan fingerprint density at radius 3 is 2.40 bits per heavy atom. The summed E-state index contributed by atoms with van der Waals surface area (Å²) in [6.07, 6.45) is 5.51. The molecule has 2 aliphatic rings. The van der Waals surface area contributed by atoms with Gasteiger partial charge in [-0.25, -0.2) is 0 Å². The zero-order chi connectivity index (χ0) is 17.9. The summed E-state index contributed by atoms with van der Waals surface area (Å²) in [6, 6.07) is 8.10. The summed E-state index contributed by atoms with van der Waals surface area (Å²) >= 11 is 0. The first-order valence-corrected chi connectivity index (χ1v) is 9.78. The smallest absolute Gasteiger partial charge is 0.253 e. The summed E-state index contributed by atoms with van der Waals surface area (Å²) in [6.45, 7) is 8.37. The number of hydrogen-bond donors (Lipinski definition) is 1. The summed E-state index contributed by atoms with van der Waals surface area (Å²) in [5.41, 5.74) is 1.95. The van der Waals surface area contributed by atoms with Gasteiger partial charge in [0.25, 0.3) is 5.91 Å². The number of aliphatic hydroxyl groups is 1. The van der Waals surface area contributed by atoms with Crippen LogP contribution in [0.2, 0.25) is 0 Å². The van der Waals surface area contributed by atoms with Crippen LogP contribution in [0.25, 0.3) is 0 Å². The lowest BCUT2D eigenvalue weighted by atomic mass is 9.87. The van der Waals surface area contributed by atoms with Crippen LogP contribution in [0.3, 0.4) is 0 Å². The number of carbonyl (C=O) groups is 1. The average Bonchev–Trinajstić information content (AvgIpc) is 3.25. The van der Waals surface area contributed by atoms with E-state index in [1.54, 1.807) is 0 Å². The van der Waals surface area contributed by atoms with Crippen molar-refractivity contribution < 1.29 is 9.90 Å². The second-order valence-electron chi connectivity index (χ2n) is 8.20. The molecule has 0 aliphatic carbocycles. The normalized spacial score (nSPS) is 24.4. The quantitative estimate of drug-likeness (QED) is 0.861. The zero-order valence-electron chi connectivity index (χ0n) is 15.7. The van der Waals surface area contributed by atoms with Crippen molar-refractivity contribution in [1.29, 1.82) is 0 Å². The third-order valence-electron chi connectivity index (χ3n) is 5.79. The molecule has 1 N–H and O–H groups in total. The van der Waals surface area contributed by atoms with Gasteiger partial charge in [0.15, 0.2) is 0 Å². The minimum Gasteiger partial charge on any atom is -0.394 e. The lowest BCUT2D eigenvalue weighted by Crippen LogP contribution is -2.47. The van der Waals surface area contributed by atoms with Crippen molar-refractivity contribution in [1.82, 2.24) is 9.80 Å². The number of nitrogens with zero attached hydrogens (tertiary/aromatic N) is 2. The van der Waals surface area contributed by atoms with E-state index in [0.717, 1.165) is 63.8 Å². The molecule has 1 amide bonds. The lowest BCUT2D eigenvalue weighted by Gasteiger charge is -2.38. The number of aliphatic hydroxyl groups excluding tert-OH is 1. The second-order valence-corrected chi connectivity index (χ2v) is 8.20. The Labute approximate surface area is 151 Å². The number of carbonyl (C=O) groups excluding carboxylic acids is 1. The predicted molar refractivity (Wildman–Crippen MR) is 100 cm³/mol. The van der Waals surface area contributed by atoms with Crippen LogP contribution in [0.4, 0.5) is 0 Å². The highest BCUT2D eigenvalue weighted by molar-refractivity contribution is 5.94. The summed E-state index contributed by atoms with van der Waals surface area (Å²) < 4.78 is 0. The van der Waals surface area contributed by atoms with Crippen molar-refractivity contribution in [2.75, 3.05) is 26.2 Å². The predicted octanol–water partition coefficient (Wildman–Crippen LogP) is 3.30. The minimum atomic E-state index is -0.0712. The third kappa shape index (κ3) is 4.06. The Bertz CT molecular complexity index is 578. The SMILES string of the molecule is CC(C)CC1(CO)CCCN1Cc1ccc(C(=O)N2CCCC2)cc1. The van der Waals surface area contributed by atoms with Gasteiger partial charge in [0, 0.05) is 30.7 Å². The van der Waals surface area contributed by atoms with Gasteiger partial charge in [0.2, 0.25) is 0 Å². The van der Waals surface area contributed by atoms with Crippen molar-refractivity contribution in [3.63, 3.8) is 0 Å². The van der Waals surface area contributed by atoms with Crippen molar-refractivity contribution in [3.05, 3.63) is 35.4 Å². The van der Waals surface area contributed by atoms with Crippen LogP contribution in [0.15, 0.2) is 24.3 Å². The maximum absolute atomic E-state index is 12.5. The van der Waals surface area contributed by atoms with E-state index in [4.69, 9.17) is 0 Å². The van der Waals surface area contributed by atoms with Crippen LogP contribution < -0.4 is 0 Å². The van der Waals surface area contributed by atoms with Crippen molar-refractivity contribution in [2.45, 2.75) is 58.0 Å². The largest absolute Gasteiger partial charge is 0.394 e. The van der Waals surface area contributed by atoms with Crippen LogP contribution in [0.5, 0.6) is 0 Å². The molecule has 4 nitrogen and oxygen atoms in total. The fourth-order valence-corrected chi connectivity index (χ4v) is 4.55. The first-order chi connectivity index (χ1) is 12.0. The first kappa shape index (κ1) is 18.4. The Kier molecular flexibility index (Phi) is 5.80. The molecule has 3 rings (SSSR count). The topological polar surface area (TPSA) is 43.8 Å². The molecule has 1 aromatic carbocycles. The van der Waals surface area contributed by atoms with Crippen molar-refractivity contribution in [3.8, 4) is 0 Å². The molecule has 0 bridgehead atoms. The van der Waals surface area contributed by atoms with Crippen LogP contribution in [0.1, 0.15) is 61.9 Å². The van der Waals surface area contributed by atoms with Crippen LogP contribution in [-0.2, 0) is 6.54 Å². The molecular weight excluding hydrogens is 312 g/mol. The molecule has 1 unspecified atom stereocenters. The van der Waals surface area contributed by atoms with Crippen molar-refractivity contribution >= 4 is 5.91 Å². The molecule has 2 saturated heterocycles. The Hall–Kier alpha value is -1.39. The average molecular weight is 344 g/mol. The second kappa shape index (κ2) is 7.88. The van der Waals surface area contributed by atoms with E-state index in [0.29, 0.717) is 5.92 Å². The van der Waals surface area contributed by atoms with Gasteiger partial charge in [0.05, 0.1) is 6.61 Å². The molecular formula is C21H32N2O2. The number of rotatable bonds is 6. The van der Waals surface area contributed by atoms with Gasteiger partial charge in [-0.2, -0.15) is 0 Å². The van der Waals surface area contributed by atoms with E-state index in [2.05, 4.69) is 30.9 Å². The molecule has 138 valence electrons. The van der Waals surface area contributed by atoms with E-state index >= 15 is 0 Å². The molecule has 25 heavy (non-hydrogen) atoms. The van der Waals surface area contributed by atoms with E-state index in [-0.39, 0.29) is 18.1 Å². The van der Waals surface area contributed by atoms with Gasteiger partial charge in [0.1, 0.15) is 0 Å². The highest BCUT2D eigenvalue weighted by Crippen LogP contribution is 2.35. The molecule has 2 fully saturated rings. The number of benzene rings is 1. The van der Waals surface area contributed by atoms with Crippen LogP contribution >= 0.6 is 0 Å². The highest BCUT2D eigenvalue weighted by Gasteiger charge is 2.40. The molecule has 0 aromatic heterocycles. The van der Waals surface area contributed by atoms with E-state index in [1.807, 2.05) is 17.0 Å². The maximum atomic E-state index is 12.5. The molecule has 1 aromatic rings. The number of likely N-dealkylation sites (tertiary alicyclic amines) is 2. The van der Waals surface area contributed by atoms with E-state index in [9.17, 15) is 9.90 Å². The molecule has 4 heteroatoms. The van der Waals surface area contributed by atoms with Gasteiger partial charge in [-0.1, -0.05) is 26.0 Å². The monoisotopic (exact) mass is 344 g/mol. The molecule has 0 spiro atoms. The van der Waals surface area contributed by atoms with Gasteiger partial charge in [-0.3, -0.25) is 9.69 Å². The van der Waals surface area contributed by atoms with Gasteiger partial charge in [-0.15, -0.1) is 0 Å². The van der Waals surface area contributed by atoms with Gasteiger partial charge >= 0.3 is 0 Å². The van der Waals surface area contributed by atoms with Crippen LogP contribution in [-0.4, -0.2) is 52.6 Å². The molecule has 0 radical (unpaired) electrons. The van der Waals surface area contributed by atoms with Gasteiger partial charge < -0.3 is 10.0 Å². The standard InChI is InChI=1S/C21H32N2O2/c1-17(2)14-21(16-24)10-5-13-23(21)15-18-6-8-19(9-7-18)20(25)22-11-3-4-12-22/h6-9,17,24H,3-5,10-16H2,1-2H3. The molecule has 2 aliphatic heterocycles. The Morgan fingerprint density at radius 1 is 1.12 bits per heavy atom. The number of hydrogen-bond acceptors (Lipinski definition) is 3.